The van der Waals surface area contributed by atoms with Gasteiger partial charge in [-0.1, -0.05) is 6.92 Å². The zero-order chi connectivity index (χ0) is 19.7. The summed E-state index contributed by atoms with van der Waals surface area (Å²) >= 11 is 0. The number of fused-ring (bicyclic) bond motifs is 1. The number of hydrogen-bond donors (Lipinski definition) is 0. The van der Waals surface area contributed by atoms with E-state index in [1.54, 1.807) is 30.6 Å². The van der Waals surface area contributed by atoms with E-state index in [0.717, 1.165) is 30.0 Å². The Labute approximate surface area is 164 Å². The van der Waals surface area contributed by atoms with Gasteiger partial charge in [0.05, 0.1) is 35.5 Å². The first-order chi connectivity index (χ1) is 13.6. The molecular weight excluding hydrogens is 352 g/mol. The van der Waals surface area contributed by atoms with E-state index >= 15 is 0 Å². The summed E-state index contributed by atoms with van der Waals surface area (Å²) in [5.41, 5.74) is 3.10. The van der Waals surface area contributed by atoms with Crippen molar-refractivity contribution in [2.24, 2.45) is 10.9 Å². The van der Waals surface area contributed by atoms with Gasteiger partial charge in [-0.05, 0) is 36.6 Å². The molecule has 28 heavy (non-hydrogen) atoms. The minimum absolute atomic E-state index is 0.00395. The number of aliphatic imine (C=N–C) groups is 1. The highest BCUT2D eigenvalue weighted by Gasteiger charge is 2.33. The monoisotopic (exact) mass is 374 g/mol. The summed E-state index contributed by atoms with van der Waals surface area (Å²) < 4.78 is 0. The molecular formula is C21H22N6O. The quantitative estimate of drug-likeness (QED) is 0.823. The van der Waals surface area contributed by atoms with Crippen LogP contribution in [0.1, 0.15) is 40.5 Å². The van der Waals surface area contributed by atoms with Crippen molar-refractivity contribution in [3.05, 3.63) is 53.0 Å². The maximum absolute atomic E-state index is 13.0. The van der Waals surface area contributed by atoms with Crippen molar-refractivity contribution in [1.82, 2.24) is 14.9 Å². The molecule has 4 rings (SSSR count). The van der Waals surface area contributed by atoms with Crippen LogP contribution in [0.2, 0.25) is 0 Å². The molecule has 0 unspecified atom stereocenters. The maximum atomic E-state index is 13.0. The van der Waals surface area contributed by atoms with Gasteiger partial charge < -0.3 is 9.80 Å². The van der Waals surface area contributed by atoms with Crippen LogP contribution in [0.4, 0.5) is 5.82 Å². The van der Waals surface area contributed by atoms with Crippen molar-refractivity contribution in [3.63, 3.8) is 0 Å². The second-order valence-corrected chi connectivity index (χ2v) is 7.41. The fourth-order valence-corrected chi connectivity index (χ4v) is 3.95. The Hall–Kier alpha value is -3.27. The molecule has 3 heterocycles. The lowest BCUT2D eigenvalue weighted by atomic mass is 9.91. The number of carbonyl (C=O) groups is 1. The number of benzene rings is 1. The van der Waals surface area contributed by atoms with Crippen LogP contribution in [-0.2, 0) is 6.54 Å². The predicted octanol–water partition coefficient (Wildman–Crippen LogP) is 2.27. The van der Waals surface area contributed by atoms with E-state index in [4.69, 9.17) is 5.26 Å². The highest BCUT2D eigenvalue weighted by molar-refractivity contribution is 5.94. The first-order valence-electron chi connectivity index (χ1n) is 9.44. The number of anilines is 1. The molecule has 1 fully saturated rings. The lowest BCUT2D eigenvalue weighted by molar-refractivity contribution is 0.0669. The molecule has 7 nitrogen and oxygen atoms in total. The van der Waals surface area contributed by atoms with Crippen molar-refractivity contribution in [2.75, 3.05) is 25.0 Å². The Kier molecular flexibility index (Phi) is 4.78. The average molecular weight is 374 g/mol. The topological polar surface area (TPSA) is 85.5 Å². The number of likely N-dealkylation sites (N-methyl/N-ethyl adjacent to an activating group) is 1. The summed E-state index contributed by atoms with van der Waals surface area (Å²) in [6.45, 7) is 4.18. The second-order valence-electron chi connectivity index (χ2n) is 7.41. The van der Waals surface area contributed by atoms with Crippen LogP contribution in [0, 0.1) is 17.2 Å². The zero-order valence-corrected chi connectivity index (χ0v) is 16.0. The summed E-state index contributed by atoms with van der Waals surface area (Å²) in [5.74, 6) is 1.30. The van der Waals surface area contributed by atoms with Gasteiger partial charge in [0.15, 0.2) is 0 Å². The third-order valence-electron chi connectivity index (χ3n) is 5.71. The number of nitrogens with zero attached hydrogens (tertiary/aromatic N) is 6. The van der Waals surface area contributed by atoms with Crippen LogP contribution >= 0.6 is 0 Å². The van der Waals surface area contributed by atoms with Crippen LogP contribution in [0.3, 0.4) is 0 Å². The molecule has 2 aliphatic heterocycles. The van der Waals surface area contributed by atoms with E-state index in [-0.39, 0.29) is 11.9 Å². The van der Waals surface area contributed by atoms with Gasteiger partial charge in [-0.3, -0.25) is 9.79 Å². The van der Waals surface area contributed by atoms with E-state index in [9.17, 15) is 4.79 Å². The summed E-state index contributed by atoms with van der Waals surface area (Å²) in [6, 6.07) is 9.07. The first-order valence-corrected chi connectivity index (χ1v) is 9.44. The SMILES string of the molecule is C[C@@H]1CCN(C(=O)c2ccc(C#N)cc2)C[C@@H]1N(C)c1ncnc2c1C=NC2. The fraction of sp³-hybridized carbons (Fsp3) is 0.381. The highest BCUT2D eigenvalue weighted by atomic mass is 16.2. The van der Waals surface area contributed by atoms with Crippen molar-refractivity contribution < 1.29 is 4.79 Å². The van der Waals surface area contributed by atoms with Gasteiger partial charge in [0.25, 0.3) is 5.91 Å². The molecule has 142 valence electrons. The van der Waals surface area contributed by atoms with Crippen molar-refractivity contribution in [3.8, 4) is 6.07 Å². The minimum atomic E-state index is 0.00395. The van der Waals surface area contributed by atoms with Gasteiger partial charge >= 0.3 is 0 Å². The van der Waals surface area contributed by atoms with Crippen molar-refractivity contribution >= 4 is 17.9 Å². The lowest BCUT2D eigenvalue weighted by Crippen LogP contribution is -2.53. The average Bonchev–Trinajstić information content (AvgIpc) is 3.22. The molecule has 2 aliphatic rings. The van der Waals surface area contributed by atoms with Crippen LogP contribution in [-0.4, -0.2) is 53.2 Å². The molecule has 0 radical (unpaired) electrons. The summed E-state index contributed by atoms with van der Waals surface area (Å²) in [6.07, 6.45) is 4.36. The van der Waals surface area contributed by atoms with Crippen molar-refractivity contribution in [2.45, 2.75) is 25.9 Å². The van der Waals surface area contributed by atoms with Crippen LogP contribution in [0.15, 0.2) is 35.6 Å². The normalized spacial score (nSPS) is 20.5. The predicted molar refractivity (Wildman–Crippen MR) is 106 cm³/mol. The Morgan fingerprint density at radius 2 is 2.07 bits per heavy atom. The van der Waals surface area contributed by atoms with Gasteiger partial charge in [0, 0.05) is 31.9 Å². The Balaban J connectivity index is 1.55. The van der Waals surface area contributed by atoms with Crippen LogP contribution in [0.25, 0.3) is 0 Å². The standard InChI is InChI=1S/C21H22N6O/c1-14-7-8-27(21(28)16-5-3-15(9-22)4-6-16)12-19(14)26(2)20-17-10-23-11-18(17)24-13-25-20/h3-6,10,13-14,19H,7-8,11-12H2,1-2H3/t14-,19+/m1/s1. The minimum Gasteiger partial charge on any atom is -0.354 e. The fourth-order valence-electron chi connectivity index (χ4n) is 3.95. The molecule has 1 amide bonds. The molecule has 7 heteroatoms. The molecule has 0 saturated carbocycles. The van der Waals surface area contributed by atoms with E-state index in [2.05, 4.69) is 32.9 Å². The molecule has 0 aliphatic carbocycles. The zero-order valence-electron chi connectivity index (χ0n) is 16.0. The lowest BCUT2D eigenvalue weighted by Gasteiger charge is -2.42. The van der Waals surface area contributed by atoms with Gasteiger partial charge in [0.2, 0.25) is 0 Å². The third-order valence-corrected chi connectivity index (χ3v) is 5.71. The maximum Gasteiger partial charge on any atom is 0.253 e. The highest BCUT2D eigenvalue weighted by Crippen LogP contribution is 2.29. The molecule has 0 N–H and O–H groups in total. The molecule has 1 aromatic carbocycles. The van der Waals surface area contributed by atoms with E-state index in [1.807, 2.05) is 18.2 Å². The Morgan fingerprint density at radius 3 is 2.82 bits per heavy atom. The number of amides is 1. The van der Waals surface area contributed by atoms with Gasteiger partial charge in [-0.2, -0.15) is 5.26 Å². The van der Waals surface area contributed by atoms with Crippen molar-refractivity contribution in [1.29, 1.82) is 5.26 Å². The van der Waals surface area contributed by atoms with E-state index in [0.29, 0.717) is 30.1 Å². The molecule has 0 bridgehead atoms. The largest absolute Gasteiger partial charge is 0.354 e. The summed E-state index contributed by atoms with van der Waals surface area (Å²) in [4.78, 5) is 30.2. The number of aromatic nitrogens is 2. The Morgan fingerprint density at radius 1 is 1.29 bits per heavy atom. The first kappa shape index (κ1) is 18.1. The summed E-state index contributed by atoms with van der Waals surface area (Å²) in [7, 11) is 2.03. The number of piperidine rings is 1. The van der Waals surface area contributed by atoms with Crippen LogP contribution < -0.4 is 4.90 Å². The molecule has 0 spiro atoms. The summed E-state index contributed by atoms with van der Waals surface area (Å²) in [5, 5.41) is 8.95. The molecule has 2 atom stereocenters. The number of carbonyl (C=O) groups excluding carboxylic acids is 1. The molecule has 1 saturated heterocycles. The van der Waals surface area contributed by atoms with Crippen LogP contribution in [0.5, 0.6) is 0 Å². The number of rotatable bonds is 3. The van der Waals surface area contributed by atoms with Gasteiger partial charge in [0.1, 0.15) is 12.1 Å². The number of hydrogen-bond acceptors (Lipinski definition) is 6. The van der Waals surface area contributed by atoms with Gasteiger partial charge in [-0.15, -0.1) is 0 Å². The second kappa shape index (κ2) is 7.39. The smallest absolute Gasteiger partial charge is 0.253 e. The number of nitriles is 1. The van der Waals surface area contributed by atoms with E-state index < -0.39 is 0 Å². The third kappa shape index (κ3) is 3.22. The number of likely N-dealkylation sites (tertiary alicyclic amines) is 1. The molecule has 2 aromatic rings. The Bertz CT molecular complexity index is 962. The molecule has 1 aromatic heterocycles. The van der Waals surface area contributed by atoms with E-state index in [1.165, 1.54) is 0 Å². The van der Waals surface area contributed by atoms with Gasteiger partial charge in [-0.25, -0.2) is 9.97 Å².